The number of morpholine rings is 1. The lowest BCUT2D eigenvalue weighted by Gasteiger charge is -2.60. The lowest BCUT2D eigenvalue weighted by atomic mass is 9.56. The monoisotopic (exact) mass is 499 g/mol. The summed E-state index contributed by atoms with van der Waals surface area (Å²) in [5.41, 5.74) is 0.0342. The molecule has 0 aromatic heterocycles. The Morgan fingerprint density at radius 2 is 2.00 bits per heavy atom. The molecule has 34 heavy (non-hydrogen) atoms. The summed E-state index contributed by atoms with van der Waals surface area (Å²) in [5.74, 6) is 0.196. The van der Waals surface area contributed by atoms with Crippen LogP contribution in [0.1, 0.15) is 30.4 Å². The molecule has 3 saturated heterocycles. The molecule has 1 spiro atoms. The molecular formula is C23H28F3N3O4S. The first kappa shape index (κ1) is 23.6. The number of nitrogens with zero attached hydrogens (tertiary/aromatic N) is 2. The summed E-state index contributed by atoms with van der Waals surface area (Å²) in [7, 11) is -1.72. The smallest absolute Gasteiger partial charge is 0.366 e. The van der Waals surface area contributed by atoms with Crippen LogP contribution < -0.4 is 5.32 Å². The molecule has 1 aromatic rings. The largest absolute Gasteiger partial charge is 0.417 e. The second kappa shape index (κ2) is 8.51. The van der Waals surface area contributed by atoms with Gasteiger partial charge in [0.2, 0.25) is 5.91 Å². The zero-order valence-corrected chi connectivity index (χ0v) is 19.7. The van der Waals surface area contributed by atoms with E-state index in [0.717, 1.165) is 24.5 Å². The van der Waals surface area contributed by atoms with E-state index in [0.29, 0.717) is 44.9 Å². The third-order valence-electron chi connectivity index (χ3n) is 7.55. The maximum atomic E-state index is 13.2. The summed E-state index contributed by atoms with van der Waals surface area (Å²) in [5, 5.41) is 2.91. The Balaban J connectivity index is 1.12. The molecule has 1 aromatic carbocycles. The normalized spacial score (nSPS) is 27.5. The third kappa shape index (κ3) is 4.44. The fourth-order valence-electron chi connectivity index (χ4n) is 6.04. The van der Waals surface area contributed by atoms with Crippen molar-refractivity contribution < 1.29 is 31.7 Å². The van der Waals surface area contributed by atoms with Crippen molar-refractivity contribution in [1.82, 2.24) is 15.1 Å². The van der Waals surface area contributed by atoms with Crippen LogP contribution >= 0.6 is 0 Å². The number of urea groups is 1. The number of carbonyl (C=O) groups is 2. The van der Waals surface area contributed by atoms with E-state index < -0.39 is 22.5 Å². The van der Waals surface area contributed by atoms with Crippen LogP contribution in [0.2, 0.25) is 0 Å². The third-order valence-corrected chi connectivity index (χ3v) is 8.50. The van der Waals surface area contributed by atoms with Crippen LogP contribution in [0.25, 0.3) is 0 Å². The number of hydrogen-bond donors (Lipinski definition) is 1. The van der Waals surface area contributed by atoms with Crippen molar-refractivity contribution in [2.24, 2.45) is 11.3 Å². The highest BCUT2D eigenvalue weighted by atomic mass is 32.2. The number of nitrogens with one attached hydrogen (secondary N) is 1. The Hall–Kier alpha value is -2.14. The molecule has 4 fully saturated rings. The van der Waals surface area contributed by atoms with E-state index in [9.17, 15) is 27.0 Å². The summed E-state index contributed by atoms with van der Waals surface area (Å²) in [6.07, 6.45) is -0.0827. The van der Waals surface area contributed by atoms with Crippen LogP contribution in [0.4, 0.5) is 18.0 Å². The number of fused-ring (bicyclic) bond motifs is 1. The number of piperidine rings is 1. The second-order valence-electron chi connectivity index (χ2n) is 10.2. The first-order valence-electron chi connectivity index (χ1n) is 11.5. The molecule has 3 atom stereocenters. The highest BCUT2D eigenvalue weighted by Crippen LogP contribution is 2.53. The predicted molar refractivity (Wildman–Crippen MR) is 117 cm³/mol. The Labute approximate surface area is 198 Å². The van der Waals surface area contributed by atoms with Crippen molar-refractivity contribution >= 4 is 22.7 Å². The Kier molecular flexibility index (Phi) is 5.91. The molecule has 7 nitrogen and oxygen atoms in total. The molecular weight excluding hydrogens is 471 g/mol. The maximum absolute atomic E-state index is 13.2. The zero-order chi connectivity index (χ0) is 24.3. The van der Waals surface area contributed by atoms with Crippen molar-refractivity contribution in [2.75, 3.05) is 39.0 Å². The van der Waals surface area contributed by atoms with Gasteiger partial charge in [-0.25, -0.2) is 4.79 Å². The Bertz CT molecular complexity index is 1020. The van der Waals surface area contributed by atoms with E-state index >= 15 is 0 Å². The van der Waals surface area contributed by atoms with Gasteiger partial charge in [-0.2, -0.15) is 13.2 Å². The quantitative estimate of drug-likeness (QED) is 0.693. The zero-order valence-electron chi connectivity index (χ0n) is 18.9. The molecule has 3 aliphatic heterocycles. The molecule has 0 radical (unpaired) electrons. The van der Waals surface area contributed by atoms with Crippen molar-refractivity contribution in [3.63, 3.8) is 0 Å². The molecule has 3 amide bonds. The summed E-state index contributed by atoms with van der Waals surface area (Å²) >= 11 is 0. The number of alkyl halides is 3. The van der Waals surface area contributed by atoms with Gasteiger partial charge >= 0.3 is 12.2 Å². The average Bonchev–Trinajstić information content (AvgIpc) is 2.72. The van der Waals surface area contributed by atoms with Gasteiger partial charge in [0.1, 0.15) is 6.61 Å². The number of ether oxygens (including phenoxy) is 1. The van der Waals surface area contributed by atoms with E-state index in [1.54, 1.807) is 4.90 Å². The van der Waals surface area contributed by atoms with Crippen LogP contribution in [-0.2, 0) is 32.9 Å². The minimum atomic E-state index is -4.52. The summed E-state index contributed by atoms with van der Waals surface area (Å²) in [4.78, 5) is 28.0. The number of hydrogen-bond acceptors (Lipinski definition) is 4. The van der Waals surface area contributed by atoms with Gasteiger partial charge in [-0.05, 0) is 49.3 Å². The number of halogens is 3. The lowest BCUT2D eigenvalue weighted by Crippen LogP contribution is -2.68. The van der Waals surface area contributed by atoms with E-state index in [1.165, 1.54) is 18.4 Å². The van der Waals surface area contributed by atoms with Crippen LogP contribution in [0.3, 0.4) is 0 Å². The molecule has 1 N–H and O–H groups in total. The molecule has 5 rings (SSSR count). The van der Waals surface area contributed by atoms with Crippen molar-refractivity contribution in [2.45, 2.75) is 48.9 Å². The number of rotatable bonds is 3. The van der Waals surface area contributed by atoms with Gasteiger partial charge in [-0.15, -0.1) is 0 Å². The second-order valence-corrected chi connectivity index (χ2v) is 11.5. The first-order chi connectivity index (χ1) is 16.0. The van der Waals surface area contributed by atoms with Crippen LogP contribution in [-0.4, -0.2) is 77.1 Å². The SMILES string of the molecule is CS(=O)c1cc(CC2CC3(C2)CN(C(=O)N2CC[C@@H]4OCC(=O)N[C@@H]4C2)C3)ccc1C(F)(F)F. The van der Waals surface area contributed by atoms with Gasteiger partial charge in [-0.3, -0.25) is 9.00 Å². The van der Waals surface area contributed by atoms with Gasteiger partial charge in [0.25, 0.3) is 0 Å². The number of likely N-dealkylation sites (tertiary alicyclic amines) is 2. The van der Waals surface area contributed by atoms with Crippen LogP contribution in [0.5, 0.6) is 0 Å². The van der Waals surface area contributed by atoms with E-state index in [2.05, 4.69) is 5.32 Å². The molecule has 1 aliphatic carbocycles. The lowest BCUT2D eigenvalue weighted by molar-refractivity contribution is -0.140. The number of benzene rings is 1. The molecule has 186 valence electrons. The summed E-state index contributed by atoms with van der Waals surface area (Å²) in [6, 6.07) is 3.78. The molecule has 1 saturated carbocycles. The van der Waals surface area contributed by atoms with Crippen LogP contribution in [0.15, 0.2) is 23.1 Å². The van der Waals surface area contributed by atoms with E-state index in [-0.39, 0.29) is 41.0 Å². The number of carbonyl (C=O) groups excluding carboxylic acids is 2. The minimum absolute atomic E-state index is 0.00912. The Morgan fingerprint density at radius 1 is 1.26 bits per heavy atom. The fraction of sp³-hybridized carbons (Fsp3) is 0.652. The fourth-order valence-corrected chi connectivity index (χ4v) is 6.85. The topological polar surface area (TPSA) is 79.0 Å². The highest BCUT2D eigenvalue weighted by molar-refractivity contribution is 7.84. The van der Waals surface area contributed by atoms with Crippen molar-refractivity contribution in [3.05, 3.63) is 29.3 Å². The summed E-state index contributed by atoms with van der Waals surface area (Å²) < 4.78 is 56.9. The van der Waals surface area contributed by atoms with Gasteiger partial charge in [0.15, 0.2) is 0 Å². The first-order valence-corrected chi connectivity index (χ1v) is 13.1. The molecule has 0 bridgehead atoms. The minimum Gasteiger partial charge on any atom is -0.366 e. The van der Waals surface area contributed by atoms with E-state index in [1.807, 2.05) is 4.90 Å². The molecule has 1 unspecified atom stereocenters. The van der Waals surface area contributed by atoms with Crippen LogP contribution in [0, 0.1) is 11.3 Å². The summed E-state index contributed by atoms with van der Waals surface area (Å²) in [6.45, 7) is 2.52. The van der Waals surface area contributed by atoms with Gasteiger partial charge < -0.3 is 19.9 Å². The Morgan fingerprint density at radius 3 is 2.68 bits per heavy atom. The standard InChI is InChI=1S/C23H28F3N3O4S/c1-34(32)19-7-14(2-3-16(19)23(24,25)26)6-15-8-22(9-15)12-29(13-22)21(31)28-5-4-18-17(10-28)27-20(30)11-33-18/h2-3,7,15,17-18H,4-6,8-13H2,1H3,(H,27,30)/t17-,18+,34?/m1/s1. The van der Waals surface area contributed by atoms with Gasteiger partial charge in [0.05, 0.1) is 33.4 Å². The van der Waals surface area contributed by atoms with Crippen molar-refractivity contribution in [3.8, 4) is 0 Å². The maximum Gasteiger partial charge on any atom is 0.417 e. The van der Waals surface area contributed by atoms with Crippen molar-refractivity contribution in [1.29, 1.82) is 0 Å². The molecule has 11 heteroatoms. The van der Waals surface area contributed by atoms with Gasteiger partial charge in [-0.1, -0.05) is 6.07 Å². The molecule has 3 heterocycles. The predicted octanol–water partition coefficient (Wildman–Crippen LogP) is 2.41. The van der Waals surface area contributed by atoms with Gasteiger partial charge in [0, 0.05) is 37.8 Å². The van der Waals surface area contributed by atoms with E-state index in [4.69, 9.17) is 4.74 Å². The highest BCUT2D eigenvalue weighted by Gasteiger charge is 2.54. The number of amides is 3. The molecule has 4 aliphatic rings. The average molecular weight is 500 g/mol.